The second-order valence-electron chi connectivity index (χ2n) is 6.96. The molecule has 1 unspecified atom stereocenters. The lowest BCUT2D eigenvalue weighted by atomic mass is 9.94. The molecule has 0 aliphatic carbocycles. The van der Waals surface area contributed by atoms with Gasteiger partial charge in [-0.15, -0.1) is 11.3 Å². The lowest BCUT2D eigenvalue weighted by Gasteiger charge is -2.25. The average Bonchev–Trinajstić information content (AvgIpc) is 3.47. The molecule has 6 nitrogen and oxygen atoms in total. The van der Waals surface area contributed by atoms with Crippen LogP contribution in [0.5, 0.6) is 0 Å². The minimum absolute atomic E-state index is 0.0408. The summed E-state index contributed by atoms with van der Waals surface area (Å²) in [5, 5.41) is 13.7. The number of furan rings is 1. The molecule has 32 heavy (non-hydrogen) atoms. The zero-order valence-corrected chi connectivity index (χ0v) is 19.3. The fourth-order valence-electron chi connectivity index (χ4n) is 3.35. The predicted octanol–water partition coefficient (Wildman–Crippen LogP) is 5.28. The number of methoxy groups -OCH3 is 1. The van der Waals surface area contributed by atoms with E-state index in [1.165, 1.54) is 43.1 Å². The van der Waals surface area contributed by atoms with Gasteiger partial charge in [0.05, 0.1) is 12.5 Å². The van der Waals surface area contributed by atoms with Crippen molar-refractivity contribution in [1.82, 2.24) is 4.98 Å². The van der Waals surface area contributed by atoms with Crippen molar-refractivity contribution in [1.29, 1.82) is 0 Å². The molecule has 2 N–H and O–H groups in total. The van der Waals surface area contributed by atoms with Crippen LogP contribution in [0.3, 0.4) is 0 Å². The highest BCUT2D eigenvalue weighted by molar-refractivity contribution is 8.04. The highest BCUT2D eigenvalue weighted by Gasteiger charge is 2.24. The third-order valence-corrected chi connectivity index (χ3v) is 8.24. The smallest absolute Gasteiger partial charge is 0.193 e. The van der Waals surface area contributed by atoms with Gasteiger partial charge in [-0.05, 0) is 41.5 Å². The van der Waals surface area contributed by atoms with E-state index in [1.807, 2.05) is 0 Å². The summed E-state index contributed by atoms with van der Waals surface area (Å²) in [6.07, 6.45) is 3.32. The maximum absolute atomic E-state index is 15.2. The van der Waals surface area contributed by atoms with Gasteiger partial charge in [-0.2, -0.15) is 0 Å². The van der Waals surface area contributed by atoms with Crippen LogP contribution in [0.2, 0.25) is 5.02 Å². The van der Waals surface area contributed by atoms with Crippen LogP contribution in [-0.4, -0.2) is 27.3 Å². The van der Waals surface area contributed by atoms with E-state index in [2.05, 4.69) is 9.71 Å². The van der Waals surface area contributed by atoms with Crippen LogP contribution in [0.15, 0.2) is 75.9 Å². The largest absolute Gasteiger partial charge is 0.472 e. The molecule has 2 heterocycles. The zero-order chi connectivity index (χ0) is 22.7. The minimum atomic E-state index is -3.34. The summed E-state index contributed by atoms with van der Waals surface area (Å²) in [7, 11) is -1.92. The number of nitrogens with one attached hydrogen (secondary N) is 1. The molecule has 4 aromatic rings. The summed E-state index contributed by atoms with van der Waals surface area (Å²) in [6, 6.07) is 10.8. The SMILES string of the molecule is COC[SH](=O)(Nc1nccs1)c1ccc(C(O)c2ccc(Cl)cc2-c2ccoc2)c(F)c1. The van der Waals surface area contributed by atoms with Gasteiger partial charge in [-0.25, -0.2) is 9.37 Å². The molecule has 0 radical (unpaired) electrons. The second kappa shape index (κ2) is 9.51. The van der Waals surface area contributed by atoms with Crippen molar-refractivity contribution in [3.63, 3.8) is 0 Å². The summed E-state index contributed by atoms with van der Waals surface area (Å²) in [4.78, 5) is 4.32. The van der Waals surface area contributed by atoms with Gasteiger partial charge in [0, 0.05) is 49.9 Å². The van der Waals surface area contributed by atoms with E-state index in [9.17, 15) is 9.32 Å². The molecule has 4 rings (SSSR count). The first-order chi connectivity index (χ1) is 15.4. The molecule has 168 valence electrons. The normalized spacial score (nSPS) is 13.1. The van der Waals surface area contributed by atoms with Crippen LogP contribution in [0, 0.1) is 5.82 Å². The minimum Gasteiger partial charge on any atom is -0.472 e. The molecule has 0 fully saturated rings. The summed E-state index contributed by atoms with van der Waals surface area (Å²) < 4.78 is 41.8. The Balaban J connectivity index is 1.70. The Kier molecular flexibility index (Phi) is 6.73. The van der Waals surface area contributed by atoms with Gasteiger partial charge in [0.25, 0.3) is 0 Å². The Morgan fingerprint density at radius 1 is 1.28 bits per heavy atom. The molecule has 0 saturated carbocycles. The Morgan fingerprint density at radius 2 is 2.09 bits per heavy atom. The summed E-state index contributed by atoms with van der Waals surface area (Å²) in [5.41, 5.74) is 1.83. The number of thiazole rings is 1. The highest BCUT2D eigenvalue weighted by Crippen LogP contribution is 2.36. The number of aliphatic hydroxyl groups excluding tert-OH is 1. The van der Waals surface area contributed by atoms with Crippen LogP contribution in [0.25, 0.3) is 11.1 Å². The van der Waals surface area contributed by atoms with Crippen LogP contribution in [-0.2, 0) is 14.9 Å². The third-order valence-electron chi connectivity index (χ3n) is 4.86. The molecule has 10 heteroatoms. The second-order valence-corrected chi connectivity index (χ2v) is 10.8. The fraction of sp³-hybridized carbons (Fsp3) is 0.136. The molecule has 0 aliphatic heterocycles. The number of aromatic nitrogens is 1. The quantitative estimate of drug-likeness (QED) is 0.290. The van der Waals surface area contributed by atoms with Crippen molar-refractivity contribution >= 4 is 38.2 Å². The standard InChI is InChI=1S/C22H20ClFN2O4S2/c1-29-13-32(28,26-22-25-7-9-31-22)16-3-5-18(20(24)11-16)21(27)17-4-2-15(23)10-19(17)14-6-8-30-12-14/h2-12,21,27,32H,13H2,1H3,(H,25,26,28). The van der Waals surface area contributed by atoms with Crippen molar-refractivity contribution in [3.05, 3.63) is 88.5 Å². The number of rotatable bonds is 8. The van der Waals surface area contributed by atoms with Crippen molar-refractivity contribution in [2.45, 2.75) is 11.0 Å². The molecule has 0 amide bonds. The molecule has 2 aromatic carbocycles. The number of hydrogen-bond acceptors (Lipinski definition) is 6. The summed E-state index contributed by atoms with van der Waals surface area (Å²) in [6.45, 7) is 0. The van der Waals surface area contributed by atoms with Gasteiger partial charge in [0.2, 0.25) is 0 Å². The maximum atomic E-state index is 15.2. The number of benzene rings is 2. The van der Waals surface area contributed by atoms with E-state index >= 15 is 4.39 Å². The summed E-state index contributed by atoms with van der Waals surface area (Å²) in [5.74, 6) is -0.837. The van der Waals surface area contributed by atoms with Crippen LogP contribution >= 0.6 is 22.9 Å². The first kappa shape index (κ1) is 22.6. The Bertz CT molecular complexity index is 1250. The Hall–Kier alpha value is -2.56. The highest BCUT2D eigenvalue weighted by atomic mass is 35.5. The predicted molar refractivity (Wildman–Crippen MR) is 125 cm³/mol. The van der Waals surface area contributed by atoms with Crippen LogP contribution in [0.4, 0.5) is 9.52 Å². The van der Waals surface area contributed by atoms with Gasteiger partial charge in [-0.1, -0.05) is 23.7 Å². The average molecular weight is 495 g/mol. The Morgan fingerprint density at radius 3 is 2.75 bits per heavy atom. The molecular weight excluding hydrogens is 475 g/mol. The molecule has 0 bridgehead atoms. The lowest BCUT2D eigenvalue weighted by Crippen LogP contribution is -2.27. The van der Waals surface area contributed by atoms with Crippen molar-refractivity contribution in [2.24, 2.45) is 0 Å². The maximum Gasteiger partial charge on any atom is 0.193 e. The van der Waals surface area contributed by atoms with E-state index in [4.69, 9.17) is 20.8 Å². The number of nitrogens with zero attached hydrogens (tertiary/aromatic N) is 1. The van der Waals surface area contributed by atoms with Crippen molar-refractivity contribution < 1.29 is 22.9 Å². The van der Waals surface area contributed by atoms with Crippen molar-refractivity contribution in [3.8, 4) is 11.1 Å². The lowest BCUT2D eigenvalue weighted by molar-refractivity contribution is 0.215. The van der Waals surface area contributed by atoms with E-state index in [0.717, 1.165) is 6.07 Å². The number of ether oxygens (including phenoxy) is 1. The van der Waals surface area contributed by atoms with Crippen molar-refractivity contribution in [2.75, 3.05) is 17.8 Å². The van der Waals surface area contributed by atoms with E-state index in [-0.39, 0.29) is 16.4 Å². The zero-order valence-electron chi connectivity index (χ0n) is 16.9. The monoisotopic (exact) mass is 494 g/mol. The van der Waals surface area contributed by atoms with Gasteiger partial charge in [-0.3, -0.25) is 8.93 Å². The molecule has 0 spiro atoms. The number of aliphatic hydroxyl groups is 1. The van der Waals surface area contributed by atoms with Gasteiger partial charge >= 0.3 is 0 Å². The molecule has 2 aromatic heterocycles. The van der Waals surface area contributed by atoms with Gasteiger partial charge in [0.15, 0.2) is 5.13 Å². The first-order valence-electron chi connectivity index (χ1n) is 9.47. The fourth-order valence-corrected chi connectivity index (χ4v) is 6.26. The van der Waals surface area contributed by atoms with Gasteiger partial charge < -0.3 is 14.3 Å². The van der Waals surface area contributed by atoms with E-state index in [1.54, 1.807) is 35.8 Å². The van der Waals surface area contributed by atoms with Gasteiger partial charge in [0.1, 0.15) is 17.9 Å². The number of thiol groups is 1. The number of hydrogen-bond donors (Lipinski definition) is 3. The third kappa shape index (κ3) is 4.62. The Labute approximate surface area is 194 Å². The van der Waals surface area contributed by atoms with E-state index < -0.39 is 22.0 Å². The molecular formula is C22H20ClFN2O4S2. The van der Waals surface area contributed by atoms with E-state index in [0.29, 0.717) is 26.8 Å². The van der Waals surface area contributed by atoms with Crippen LogP contribution in [0.1, 0.15) is 17.2 Å². The number of halogens is 2. The number of anilines is 1. The summed E-state index contributed by atoms with van der Waals surface area (Å²) >= 11 is 7.41. The molecule has 1 atom stereocenters. The first-order valence-corrected chi connectivity index (χ1v) is 12.6. The molecule has 0 saturated heterocycles. The van der Waals surface area contributed by atoms with Crippen LogP contribution < -0.4 is 4.72 Å². The molecule has 0 aliphatic rings. The topological polar surface area (TPSA) is 84.6 Å².